The van der Waals surface area contributed by atoms with E-state index in [9.17, 15) is 4.79 Å². The van der Waals surface area contributed by atoms with E-state index in [1.165, 1.54) is 0 Å². The summed E-state index contributed by atoms with van der Waals surface area (Å²) in [5.74, 6) is 0.822. The van der Waals surface area contributed by atoms with Crippen LogP contribution in [0.4, 0.5) is 0 Å². The molecule has 1 amide bonds. The zero-order valence-electron chi connectivity index (χ0n) is 11.1. The fourth-order valence-corrected chi connectivity index (χ4v) is 2.45. The molecule has 0 bridgehead atoms. The van der Waals surface area contributed by atoms with Crippen LogP contribution in [-0.2, 0) is 10.3 Å². The highest BCUT2D eigenvalue weighted by Crippen LogP contribution is 2.33. The molecule has 5 nitrogen and oxygen atoms in total. The van der Waals surface area contributed by atoms with Gasteiger partial charge in [0.05, 0.1) is 18.2 Å². The molecule has 1 aliphatic rings. The Morgan fingerprint density at radius 2 is 2.20 bits per heavy atom. The zero-order chi connectivity index (χ0) is 14.2. The number of rotatable bonds is 2. The lowest BCUT2D eigenvalue weighted by Gasteiger charge is -2.29. The Hall–Kier alpha value is -2.56. The summed E-state index contributed by atoms with van der Waals surface area (Å²) < 4.78 is 5.40. The van der Waals surface area contributed by atoms with E-state index in [0.29, 0.717) is 0 Å². The van der Waals surface area contributed by atoms with Crippen LogP contribution >= 0.6 is 0 Å². The number of furan rings is 1. The number of amides is 1. The lowest BCUT2D eigenvalue weighted by atomic mass is 9.87. The molecular weight excluding hydrogens is 254 g/mol. The standard InChI is InChI=1S/C15H15N3O2/c1-15(9-13(19)17-14(16)18-15)11-5-2-4-10(8-11)12-6-3-7-20-12/h2-8H,9H2,1H3,(H3,16,17,18,19). The number of guanidine groups is 1. The van der Waals surface area contributed by atoms with Gasteiger partial charge in [-0.15, -0.1) is 0 Å². The van der Waals surface area contributed by atoms with Gasteiger partial charge >= 0.3 is 0 Å². The van der Waals surface area contributed by atoms with Gasteiger partial charge in [0.15, 0.2) is 5.96 Å². The first kappa shape index (κ1) is 12.5. The van der Waals surface area contributed by atoms with Crippen molar-refractivity contribution in [3.05, 3.63) is 48.2 Å². The number of nitrogens with zero attached hydrogens (tertiary/aromatic N) is 1. The Morgan fingerprint density at radius 1 is 1.35 bits per heavy atom. The Bertz CT molecular complexity index is 676. The number of hydrogen-bond acceptors (Lipinski definition) is 4. The molecule has 2 heterocycles. The third kappa shape index (κ3) is 2.18. The lowest BCUT2D eigenvalue weighted by Crippen LogP contribution is -2.46. The van der Waals surface area contributed by atoms with Crippen molar-refractivity contribution in [2.75, 3.05) is 0 Å². The smallest absolute Gasteiger partial charge is 0.229 e. The summed E-state index contributed by atoms with van der Waals surface area (Å²) in [6.45, 7) is 1.90. The average molecular weight is 269 g/mol. The van der Waals surface area contributed by atoms with Crippen LogP contribution in [0.5, 0.6) is 0 Å². The van der Waals surface area contributed by atoms with Gasteiger partial charge in [-0.05, 0) is 30.7 Å². The van der Waals surface area contributed by atoms with Gasteiger partial charge in [0.2, 0.25) is 5.91 Å². The van der Waals surface area contributed by atoms with Gasteiger partial charge in [-0.1, -0.05) is 18.2 Å². The summed E-state index contributed by atoms with van der Waals surface area (Å²) >= 11 is 0. The molecule has 5 heteroatoms. The maximum absolute atomic E-state index is 11.7. The number of aliphatic imine (C=N–C) groups is 1. The first-order chi connectivity index (χ1) is 9.57. The molecular formula is C15H15N3O2. The molecule has 1 atom stereocenters. The van der Waals surface area contributed by atoms with E-state index in [2.05, 4.69) is 10.3 Å². The van der Waals surface area contributed by atoms with Crippen LogP contribution in [0.15, 0.2) is 52.1 Å². The minimum absolute atomic E-state index is 0.122. The maximum atomic E-state index is 11.7. The van der Waals surface area contributed by atoms with Crippen LogP contribution in [0, 0.1) is 0 Å². The molecule has 0 saturated heterocycles. The second-order valence-electron chi connectivity index (χ2n) is 5.05. The quantitative estimate of drug-likeness (QED) is 0.875. The normalized spacial score (nSPS) is 22.2. The van der Waals surface area contributed by atoms with Gasteiger partial charge in [0.25, 0.3) is 0 Å². The topological polar surface area (TPSA) is 80.6 Å². The summed E-state index contributed by atoms with van der Waals surface area (Å²) in [6.07, 6.45) is 1.91. The van der Waals surface area contributed by atoms with E-state index >= 15 is 0 Å². The lowest BCUT2D eigenvalue weighted by molar-refractivity contribution is -0.121. The largest absolute Gasteiger partial charge is 0.464 e. The molecule has 1 aromatic carbocycles. The summed E-state index contributed by atoms with van der Waals surface area (Å²) in [5, 5.41) is 2.52. The zero-order valence-corrected chi connectivity index (χ0v) is 11.1. The molecule has 0 spiro atoms. The molecule has 3 rings (SSSR count). The van der Waals surface area contributed by atoms with E-state index in [1.54, 1.807) is 6.26 Å². The van der Waals surface area contributed by atoms with Crippen LogP contribution in [0.2, 0.25) is 0 Å². The van der Waals surface area contributed by atoms with E-state index in [1.807, 2.05) is 43.3 Å². The number of hydrogen-bond donors (Lipinski definition) is 2. The van der Waals surface area contributed by atoms with Crippen LogP contribution in [-0.4, -0.2) is 11.9 Å². The van der Waals surface area contributed by atoms with Crippen molar-refractivity contribution >= 4 is 11.9 Å². The molecule has 0 radical (unpaired) electrons. The van der Waals surface area contributed by atoms with Gasteiger partial charge in [-0.3, -0.25) is 10.1 Å². The molecule has 0 aliphatic carbocycles. The van der Waals surface area contributed by atoms with Crippen LogP contribution < -0.4 is 11.1 Å². The molecule has 20 heavy (non-hydrogen) atoms. The highest BCUT2D eigenvalue weighted by molar-refractivity contribution is 5.99. The number of nitrogens with two attached hydrogens (primary N) is 1. The number of carbonyl (C=O) groups is 1. The highest BCUT2D eigenvalue weighted by Gasteiger charge is 2.33. The van der Waals surface area contributed by atoms with Crippen molar-refractivity contribution in [3.63, 3.8) is 0 Å². The maximum Gasteiger partial charge on any atom is 0.229 e. The molecule has 1 unspecified atom stereocenters. The minimum Gasteiger partial charge on any atom is -0.464 e. The van der Waals surface area contributed by atoms with Gasteiger partial charge < -0.3 is 10.2 Å². The number of carbonyl (C=O) groups excluding carboxylic acids is 1. The van der Waals surface area contributed by atoms with Crippen LogP contribution in [0.25, 0.3) is 11.3 Å². The summed E-state index contributed by atoms with van der Waals surface area (Å²) in [4.78, 5) is 16.1. The highest BCUT2D eigenvalue weighted by atomic mass is 16.3. The summed E-state index contributed by atoms with van der Waals surface area (Å²) in [7, 11) is 0. The molecule has 2 aromatic rings. The molecule has 1 aromatic heterocycles. The van der Waals surface area contributed by atoms with E-state index in [-0.39, 0.29) is 18.3 Å². The van der Waals surface area contributed by atoms with Gasteiger partial charge in [0, 0.05) is 5.56 Å². The second-order valence-corrected chi connectivity index (χ2v) is 5.05. The van der Waals surface area contributed by atoms with Crippen LogP contribution in [0.1, 0.15) is 18.9 Å². The van der Waals surface area contributed by atoms with Crippen LogP contribution in [0.3, 0.4) is 0 Å². The first-order valence-electron chi connectivity index (χ1n) is 6.36. The Labute approximate surface area is 116 Å². The monoisotopic (exact) mass is 269 g/mol. The Balaban J connectivity index is 2.04. The number of benzene rings is 1. The average Bonchev–Trinajstić information content (AvgIpc) is 2.91. The Morgan fingerprint density at radius 3 is 2.90 bits per heavy atom. The summed E-state index contributed by atoms with van der Waals surface area (Å²) in [5.41, 5.74) is 6.91. The van der Waals surface area contributed by atoms with Crippen molar-refractivity contribution in [1.29, 1.82) is 0 Å². The number of nitrogens with one attached hydrogen (secondary N) is 1. The predicted octanol–water partition coefficient (Wildman–Crippen LogP) is 2.00. The summed E-state index contributed by atoms with van der Waals surface area (Å²) in [6, 6.07) is 11.6. The fraction of sp³-hybridized carbons (Fsp3) is 0.200. The van der Waals surface area contributed by atoms with Crippen molar-refractivity contribution < 1.29 is 9.21 Å². The van der Waals surface area contributed by atoms with E-state index in [0.717, 1.165) is 16.9 Å². The minimum atomic E-state index is -0.644. The third-order valence-electron chi connectivity index (χ3n) is 3.43. The van der Waals surface area contributed by atoms with Gasteiger partial charge in [-0.2, -0.15) is 0 Å². The molecule has 102 valence electrons. The van der Waals surface area contributed by atoms with E-state index in [4.69, 9.17) is 10.2 Å². The first-order valence-corrected chi connectivity index (χ1v) is 6.36. The van der Waals surface area contributed by atoms with E-state index < -0.39 is 5.54 Å². The molecule has 0 fully saturated rings. The van der Waals surface area contributed by atoms with Crippen molar-refractivity contribution in [1.82, 2.24) is 5.32 Å². The molecule has 1 aliphatic heterocycles. The molecule has 0 saturated carbocycles. The SMILES string of the molecule is CC1(c2cccc(-c3ccco3)c2)CC(=O)NC(N)=N1. The predicted molar refractivity (Wildman–Crippen MR) is 75.9 cm³/mol. The molecule has 3 N–H and O–H groups in total. The van der Waals surface area contributed by atoms with Crippen molar-refractivity contribution in [2.24, 2.45) is 10.7 Å². The van der Waals surface area contributed by atoms with Crippen molar-refractivity contribution in [2.45, 2.75) is 18.9 Å². The Kier molecular flexibility index (Phi) is 2.82. The van der Waals surface area contributed by atoms with Gasteiger partial charge in [0.1, 0.15) is 5.76 Å². The second kappa shape index (κ2) is 4.52. The van der Waals surface area contributed by atoms with Gasteiger partial charge in [-0.25, -0.2) is 4.99 Å². The van der Waals surface area contributed by atoms with Crippen molar-refractivity contribution in [3.8, 4) is 11.3 Å². The fourth-order valence-electron chi connectivity index (χ4n) is 2.45. The third-order valence-corrected chi connectivity index (χ3v) is 3.43.